The molecule has 0 atom stereocenters. The van der Waals surface area contributed by atoms with E-state index >= 15 is 0 Å². The predicted molar refractivity (Wildman–Crippen MR) is 84.9 cm³/mol. The van der Waals surface area contributed by atoms with Crippen LogP contribution in [0.3, 0.4) is 0 Å². The Bertz CT molecular complexity index is 892. The summed E-state index contributed by atoms with van der Waals surface area (Å²) in [6.07, 6.45) is 4.34. The van der Waals surface area contributed by atoms with E-state index in [2.05, 4.69) is 15.0 Å². The molecule has 0 aliphatic carbocycles. The molecule has 0 radical (unpaired) electrons. The van der Waals surface area contributed by atoms with Crippen LogP contribution in [0.25, 0.3) is 0 Å². The summed E-state index contributed by atoms with van der Waals surface area (Å²) < 4.78 is 33.0. The van der Waals surface area contributed by atoms with Crippen molar-refractivity contribution in [1.82, 2.24) is 15.0 Å². The first-order valence-electron chi connectivity index (χ1n) is 6.85. The molecule has 0 unspecified atom stereocenters. The van der Waals surface area contributed by atoms with Gasteiger partial charge in [0, 0.05) is 23.8 Å². The van der Waals surface area contributed by atoms with Gasteiger partial charge in [0.2, 0.25) is 5.88 Å². The van der Waals surface area contributed by atoms with Gasteiger partial charge in [0.05, 0.1) is 11.9 Å². The highest BCUT2D eigenvalue weighted by Crippen LogP contribution is 2.25. The fraction of sp³-hybridized carbons (Fsp3) is 0.0625. The monoisotopic (exact) mass is 348 g/mol. The summed E-state index contributed by atoms with van der Waals surface area (Å²) in [6.45, 7) is 0. The summed E-state index contributed by atoms with van der Waals surface area (Å²) >= 11 is 5.69. The molecule has 2 heterocycles. The van der Waals surface area contributed by atoms with E-state index in [4.69, 9.17) is 22.1 Å². The van der Waals surface area contributed by atoms with Gasteiger partial charge in [-0.25, -0.2) is 18.7 Å². The lowest BCUT2D eigenvalue weighted by Crippen LogP contribution is -2.02. The maximum absolute atomic E-state index is 13.9. The van der Waals surface area contributed by atoms with Crippen LogP contribution in [-0.4, -0.2) is 15.0 Å². The van der Waals surface area contributed by atoms with E-state index in [1.165, 1.54) is 36.8 Å². The standard InChI is InChI=1S/C16H11ClF2N4O/c17-10-1-2-13(12(18)6-10)24-14-8-21-7-11(23-14)5-9-3-4-22-16(20)15(9)19/h1-4,6-8H,5H2,(H2,20,22). The molecule has 3 rings (SSSR count). The minimum atomic E-state index is -0.623. The zero-order valence-corrected chi connectivity index (χ0v) is 13.0. The molecule has 0 spiro atoms. The normalized spacial score (nSPS) is 10.6. The summed E-state index contributed by atoms with van der Waals surface area (Å²) in [6, 6.07) is 5.50. The zero-order chi connectivity index (χ0) is 17.1. The van der Waals surface area contributed by atoms with Crippen molar-refractivity contribution in [2.45, 2.75) is 6.42 Å². The van der Waals surface area contributed by atoms with Crippen LogP contribution in [0, 0.1) is 11.6 Å². The molecule has 0 aliphatic rings. The number of nitrogens with zero attached hydrogens (tertiary/aromatic N) is 3. The Balaban J connectivity index is 1.82. The molecule has 0 aliphatic heterocycles. The van der Waals surface area contributed by atoms with Crippen molar-refractivity contribution >= 4 is 17.4 Å². The molecular weight excluding hydrogens is 338 g/mol. The molecule has 122 valence electrons. The van der Waals surface area contributed by atoms with Gasteiger partial charge in [-0.05, 0) is 29.8 Å². The van der Waals surface area contributed by atoms with Gasteiger partial charge >= 0.3 is 0 Å². The second-order valence-electron chi connectivity index (χ2n) is 4.87. The third kappa shape index (κ3) is 3.57. The quantitative estimate of drug-likeness (QED) is 0.777. The van der Waals surface area contributed by atoms with Crippen molar-refractivity contribution in [2.75, 3.05) is 5.73 Å². The average Bonchev–Trinajstić information content (AvgIpc) is 2.55. The number of benzene rings is 1. The van der Waals surface area contributed by atoms with E-state index in [0.717, 1.165) is 6.07 Å². The number of halogens is 3. The van der Waals surface area contributed by atoms with Crippen LogP contribution in [0.4, 0.5) is 14.6 Å². The summed E-state index contributed by atoms with van der Waals surface area (Å²) in [5, 5.41) is 0.255. The SMILES string of the molecule is Nc1nccc(Cc2cncc(Oc3ccc(Cl)cc3F)n2)c1F. The highest BCUT2D eigenvalue weighted by atomic mass is 35.5. The third-order valence-electron chi connectivity index (χ3n) is 3.14. The smallest absolute Gasteiger partial charge is 0.238 e. The maximum atomic E-state index is 13.9. The molecule has 1 aromatic carbocycles. The van der Waals surface area contributed by atoms with Crippen LogP contribution in [0.1, 0.15) is 11.3 Å². The second kappa shape index (κ2) is 6.76. The lowest BCUT2D eigenvalue weighted by atomic mass is 10.1. The molecule has 2 aromatic heterocycles. The van der Waals surface area contributed by atoms with E-state index in [-0.39, 0.29) is 28.9 Å². The van der Waals surface area contributed by atoms with Crippen LogP contribution in [0.5, 0.6) is 11.6 Å². The van der Waals surface area contributed by atoms with Gasteiger partial charge in [0.15, 0.2) is 23.2 Å². The Hall–Kier alpha value is -2.80. The van der Waals surface area contributed by atoms with Crippen molar-refractivity contribution in [3.05, 3.63) is 70.8 Å². The fourth-order valence-corrected chi connectivity index (χ4v) is 2.18. The largest absolute Gasteiger partial charge is 0.434 e. The summed E-state index contributed by atoms with van der Waals surface area (Å²) in [5.41, 5.74) is 6.20. The van der Waals surface area contributed by atoms with E-state index < -0.39 is 11.6 Å². The molecule has 2 N–H and O–H groups in total. The molecule has 3 aromatic rings. The Kier molecular flexibility index (Phi) is 4.52. The van der Waals surface area contributed by atoms with Gasteiger partial charge < -0.3 is 10.5 Å². The molecule has 0 saturated carbocycles. The number of anilines is 1. The summed E-state index contributed by atoms with van der Waals surface area (Å²) in [7, 11) is 0. The topological polar surface area (TPSA) is 73.9 Å². The number of nitrogen functional groups attached to an aromatic ring is 1. The average molecular weight is 349 g/mol. The van der Waals surface area contributed by atoms with Crippen LogP contribution in [0.2, 0.25) is 5.02 Å². The molecule has 8 heteroatoms. The van der Waals surface area contributed by atoms with E-state index in [9.17, 15) is 8.78 Å². The number of aromatic nitrogens is 3. The number of rotatable bonds is 4. The van der Waals surface area contributed by atoms with Crippen LogP contribution < -0.4 is 10.5 Å². The number of hydrogen-bond acceptors (Lipinski definition) is 5. The molecule has 0 fully saturated rings. The van der Waals surface area contributed by atoms with E-state index in [1.807, 2.05) is 0 Å². The highest BCUT2D eigenvalue weighted by Gasteiger charge is 2.11. The Labute approximate surface area is 141 Å². The first-order valence-corrected chi connectivity index (χ1v) is 7.23. The van der Waals surface area contributed by atoms with Gasteiger partial charge in [-0.1, -0.05) is 11.6 Å². The van der Waals surface area contributed by atoms with Crippen molar-refractivity contribution in [3.8, 4) is 11.6 Å². The fourth-order valence-electron chi connectivity index (χ4n) is 2.02. The van der Waals surface area contributed by atoms with Gasteiger partial charge in [-0.15, -0.1) is 0 Å². The number of pyridine rings is 1. The van der Waals surface area contributed by atoms with E-state index in [0.29, 0.717) is 11.3 Å². The minimum Gasteiger partial charge on any atom is -0.434 e. The van der Waals surface area contributed by atoms with Gasteiger partial charge in [-0.2, -0.15) is 0 Å². The molecule has 24 heavy (non-hydrogen) atoms. The van der Waals surface area contributed by atoms with Crippen LogP contribution in [-0.2, 0) is 6.42 Å². The summed E-state index contributed by atoms with van der Waals surface area (Å²) in [4.78, 5) is 11.8. The molecule has 0 amide bonds. The van der Waals surface area contributed by atoms with Crippen LogP contribution >= 0.6 is 11.6 Å². The van der Waals surface area contributed by atoms with Crippen molar-refractivity contribution in [2.24, 2.45) is 0 Å². The minimum absolute atomic E-state index is 0.0369. The van der Waals surface area contributed by atoms with Gasteiger partial charge in [0.25, 0.3) is 0 Å². The van der Waals surface area contributed by atoms with E-state index in [1.54, 1.807) is 0 Å². The van der Waals surface area contributed by atoms with Crippen molar-refractivity contribution in [1.29, 1.82) is 0 Å². The maximum Gasteiger partial charge on any atom is 0.238 e. The number of nitrogens with two attached hydrogens (primary N) is 1. The first kappa shape index (κ1) is 16.1. The molecule has 5 nitrogen and oxygen atoms in total. The Morgan fingerprint density at radius 3 is 2.79 bits per heavy atom. The van der Waals surface area contributed by atoms with Gasteiger partial charge in [0.1, 0.15) is 0 Å². The van der Waals surface area contributed by atoms with Crippen molar-refractivity contribution in [3.63, 3.8) is 0 Å². The van der Waals surface area contributed by atoms with Gasteiger partial charge in [-0.3, -0.25) is 4.98 Å². The molecule has 0 bridgehead atoms. The summed E-state index contributed by atoms with van der Waals surface area (Å²) in [5.74, 6) is -1.37. The molecule has 0 saturated heterocycles. The molecular formula is C16H11ClF2N4O. The van der Waals surface area contributed by atoms with Crippen LogP contribution in [0.15, 0.2) is 42.9 Å². The zero-order valence-electron chi connectivity index (χ0n) is 12.2. The highest BCUT2D eigenvalue weighted by molar-refractivity contribution is 6.30. The Morgan fingerprint density at radius 2 is 2.00 bits per heavy atom. The predicted octanol–water partition coefficient (Wildman–Crippen LogP) is 3.77. The third-order valence-corrected chi connectivity index (χ3v) is 3.37. The first-order chi connectivity index (χ1) is 11.5. The van der Waals surface area contributed by atoms with Crippen molar-refractivity contribution < 1.29 is 13.5 Å². The second-order valence-corrected chi connectivity index (χ2v) is 5.31. The number of hydrogen-bond donors (Lipinski definition) is 1. The lowest BCUT2D eigenvalue weighted by Gasteiger charge is -2.08. The number of ether oxygens (including phenoxy) is 1. The Morgan fingerprint density at radius 1 is 1.17 bits per heavy atom. The lowest BCUT2D eigenvalue weighted by molar-refractivity contribution is 0.424.